The number of hydrogen-bond donors (Lipinski definition) is 2. The standard InChI is InChI=1S/C32H20Br2N4/c33-31-25-15-11-21(35-25)29(19-7-3-1-4-8-19)22-12-16-26(36-22)32(34)28-18-14-24(38-28)30(20-9-5-2-6-10-20)23-13-17-27(31)37-23/h1-18,35-36H. The van der Waals surface area contributed by atoms with Crippen molar-refractivity contribution < 1.29 is 0 Å². The van der Waals surface area contributed by atoms with Crippen molar-refractivity contribution in [3.63, 3.8) is 0 Å². The van der Waals surface area contributed by atoms with Gasteiger partial charge in [-0.1, -0.05) is 60.7 Å². The molecule has 182 valence electrons. The third-order valence-corrected chi connectivity index (χ3v) is 8.42. The first-order chi connectivity index (χ1) is 18.7. The van der Waals surface area contributed by atoms with Crippen LogP contribution in [0.2, 0.25) is 0 Å². The average molecular weight is 620 g/mol. The van der Waals surface area contributed by atoms with Gasteiger partial charge in [0.15, 0.2) is 0 Å². The lowest BCUT2D eigenvalue weighted by Crippen LogP contribution is -1.89. The Morgan fingerprint density at radius 3 is 1.29 bits per heavy atom. The van der Waals surface area contributed by atoms with Crippen LogP contribution in [0.4, 0.5) is 0 Å². The second-order valence-corrected chi connectivity index (χ2v) is 10.7. The summed E-state index contributed by atoms with van der Waals surface area (Å²) in [6.45, 7) is 0. The fourth-order valence-corrected chi connectivity index (χ4v) is 5.86. The average Bonchev–Trinajstić information content (AvgIpc) is 3.77. The normalized spacial score (nSPS) is 12.3. The summed E-state index contributed by atoms with van der Waals surface area (Å²) in [6.07, 6.45) is 8.22. The predicted octanol–water partition coefficient (Wildman–Crippen LogP) is 9.51. The predicted molar refractivity (Wildman–Crippen MR) is 165 cm³/mol. The summed E-state index contributed by atoms with van der Waals surface area (Å²) in [6, 6.07) is 29.1. The van der Waals surface area contributed by atoms with Gasteiger partial charge in [-0.05, 0) is 91.6 Å². The van der Waals surface area contributed by atoms with Crippen LogP contribution in [0.5, 0.6) is 0 Å². The molecule has 5 heterocycles. The van der Waals surface area contributed by atoms with Gasteiger partial charge in [0.2, 0.25) is 0 Å². The number of aromatic amines is 2. The van der Waals surface area contributed by atoms with Gasteiger partial charge in [0.05, 0.1) is 42.8 Å². The number of rotatable bonds is 2. The van der Waals surface area contributed by atoms with Crippen LogP contribution in [0.3, 0.4) is 0 Å². The Labute approximate surface area is 236 Å². The van der Waals surface area contributed by atoms with Gasteiger partial charge in [0.25, 0.3) is 0 Å². The molecule has 7 rings (SSSR count). The number of aromatic nitrogens is 4. The first-order valence-electron chi connectivity index (χ1n) is 12.2. The number of nitrogens with zero attached hydrogens (tertiary/aromatic N) is 2. The maximum atomic E-state index is 5.04. The zero-order valence-corrected chi connectivity index (χ0v) is 23.2. The molecule has 0 saturated heterocycles. The molecule has 0 atom stereocenters. The highest BCUT2D eigenvalue weighted by atomic mass is 79.9. The molecule has 6 heteroatoms. The molecule has 2 aliphatic rings. The van der Waals surface area contributed by atoms with Crippen molar-refractivity contribution in [3.8, 4) is 22.3 Å². The van der Waals surface area contributed by atoms with E-state index in [1.807, 2.05) is 36.4 Å². The van der Waals surface area contributed by atoms with Crippen LogP contribution in [0.25, 0.3) is 68.6 Å². The maximum Gasteiger partial charge on any atom is 0.0801 e. The Kier molecular flexibility index (Phi) is 5.72. The number of fused-ring (bicyclic) bond motifs is 8. The molecule has 0 amide bonds. The van der Waals surface area contributed by atoms with E-state index >= 15 is 0 Å². The molecular formula is C32H20Br2N4. The molecule has 0 fully saturated rings. The number of H-pyrrole nitrogens is 2. The molecule has 0 unspecified atom stereocenters. The monoisotopic (exact) mass is 618 g/mol. The summed E-state index contributed by atoms with van der Waals surface area (Å²) in [5.41, 5.74) is 11.7. The van der Waals surface area contributed by atoms with E-state index in [0.717, 1.165) is 76.0 Å². The van der Waals surface area contributed by atoms with Crippen molar-refractivity contribution >= 4 is 78.2 Å². The molecule has 8 bridgehead atoms. The third-order valence-electron chi connectivity index (χ3n) is 6.75. The Hall–Kier alpha value is -4.00. The van der Waals surface area contributed by atoms with E-state index in [4.69, 9.17) is 9.97 Å². The highest BCUT2D eigenvalue weighted by molar-refractivity contribution is 9.11. The van der Waals surface area contributed by atoms with Crippen molar-refractivity contribution in [1.29, 1.82) is 0 Å². The first-order valence-corrected chi connectivity index (χ1v) is 13.8. The van der Waals surface area contributed by atoms with Crippen LogP contribution >= 0.6 is 31.9 Å². The molecule has 3 aromatic heterocycles. The molecule has 4 nitrogen and oxygen atoms in total. The molecular weight excluding hydrogens is 600 g/mol. The van der Waals surface area contributed by atoms with E-state index in [0.29, 0.717) is 0 Å². The molecule has 0 aliphatic carbocycles. The van der Waals surface area contributed by atoms with Crippen LogP contribution in [0.15, 0.2) is 93.9 Å². The van der Waals surface area contributed by atoms with E-state index < -0.39 is 0 Å². The smallest absolute Gasteiger partial charge is 0.0801 e. The highest BCUT2D eigenvalue weighted by Crippen LogP contribution is 2.35. The largest absolute Gasteiger partial charge is 0.354 e. The van der Waals surface area contributed by atoms with Gasteiger partial charge >= 0.3 is 0 Å². The quantitative estimate of drug-likeness (QED) is 0.202. The lowest BCUT2D eigenvalue weighted by Gasteiger charge is -2.04. The summed E-state index contributed by atoms with van der Waals surface area (Å²) < 4.78 is 1.81. The maximum absolute atomic E-state index is 5.04. The van der Waals surface area contributed by atoms with E-state index in [9.17, 15) is 0 Å². The van der Waals surface area contributed by atoms with Crippen LogP contribution in [-0.2, 0) is 0 Å². The fraction of sp³-hybridized carbons (Fsp3) is 0. The van der Waals surface area contributed by atoms with Gasteiger partial charge in [-0.2, -0.15) is 0 Å². The molecule has 2 aliphatic heterocycles. The first kappa shape index (κ1) is 23.1. The second kappa shape index (κ2) is 9.39. The van der Waals surface area contributed by atoms with Gasteiger partial charge in [-0.3, -0.25) is 0 Å². The third kappa shape index (κ3) is 3.97. The van der Waals surface area contributed by atoms with Crippen molar-refractivity contribution in [2.75, 3.05) is 0 Å². The summed E-state index contributed by atoms with van der Waals surface area (Å²) in [5.74, 6) is 0. The van der Waals surface area contributed by atoms with E-state index in [1.165, 1.54) is 0 Å². The molecule has 2 N–H and O–H groups in total. The van der Waals surface area contributed by atoms with Crippen molar-refractivity contribution in [2.45, 2.75) is 0 Å². The molecule has 38 heavy (non-hydrogen) atoms. The summed E-state index contributed by atoms with van der Waals surface area (Å²) in [7, 11) is 0. The molecule has 0 radical (unpaired) electrons. The Balaban J connectivity index is 1.64. The van der Waals surface area contributed by atoms with Crippen LogP contribution in [0.1, 0.15) is 22.8 Å². The minimum absolute atomic E-state index is 0.858. The number of benzene rings is 2. The Morgan fingerprint density at radius 1 is 0.421 bits per heavy atom. The van der Waals surface area contributed by atoms with E-state index in [1.54, 1.807) is 0 Å². The lowest BCUT2D eigenvalue weighted by molar-refractivity contribution is 1.26. The Bertz CT molecular complexity index is 1830. The molecule has 0 spiro atoms. The van der Waals surface area contributed by atoms with Crippen molar-refractivity contribution in [3.05, 3.63) is 117 Å². The van der Waals surface area contributed by atoms with E-state index in [-0.39, 0.29) is 0 Å². The minimum atomic E-state index is 0.858. The van der Waals surface area contributed by atoms with Gasteiger partial charge in [-0.15, -0.1) is 0 Å². The van der Waals surface area contributed by atoms with Gasteiger partial charge in [0, 0.05) is 22.2 Å². The van der Waals surface area contributed by atoms with Crippen molar-refractivity contribution in [1.82, 2.24) is 19.9 Å². The van der Waals surface area contributed by atoms with Crippen LogP contribution < -0.4 is 0 Å². The highest BCUT2D eigenvalue weighted by Gasteiger charge is 2.16. The number of halogens is 2. The second-order valence-electron chi connectivity index (χ2n) is 9.11. The molecule has 2 aromatic carbocycles. The minimum Gasteiger partial charge on any atom is -0.354 e. The molecule has 5 aromatic rings. The number of nitrogens with one attached hydrogen (secondary N) is 2. The van der Waals surface area contributed by atoms with Crippen molar-refractivity contribution in [2.24, 2.45) is 0 Å². The number of hydrogen-bond acceptors (Lipinski definition) is 2. The lowest BCUT2D eigenvalue weighted by atomic mass is 10.0. The zero-order valence-electron chi connectivity index (χ0n) is 20.0. The summed E-state index contributed by atoms with van der Waals surface area (Å²) in [4.78, 5) is 17.3. The molecule has 0 saturated carbocycles. The topological polar surface area (TPSA) is 57.4 Å². The fourth-order valence-electron chi connectivity index (χ4n) is 4.95. The summed E-state index contributed by atoms with van der Waals surface area (Å²) in [5, 5.41) is 0. The summed E-state index contributed by atoms with van der Waals surface area (Å²) >= 11 is 7.66. The van der Waals surface area contributed by atoms with Gasteiger partial charge in [-0.25, -0.2) is 9.97 Å². The van der Waals surface area contributed by atoms with E-state index in [2.05, 4.69) is 115 Å². The van der Waals surface area contributed by atoms with Crippen LogP contribution in [-0.4, -0.2) is 19.9 Å². The van der Waals surface area contributed by atoms with Crippen LogP contribution in [0, 0.1) is 0 Å². The zero-order chi connectivity index (χ0) is 25.6. The SMILES string of the molecule is Brc1c2nc(c(-c3ccccc3)c3nc(c(Br)c4ccc([nH]4)c(-c4ccccc4)c4ccc1[nH]4)C=C3)C=C2. The van der Waals surface area contributed by atoms with Gasteiger partial charge < -0.3 is 9.97 Å². The van der Waals surface area contributed by atoms with Gasteiger partial charge in [0.1, 0.15) is 0 Å². The Morgan fingerprint density at radius 2 is 0.816 bits per heavy atom.